The van der Waals surface area contributed by atoms with Crippen LogP contribution in [-0.4, -0.2) is 0 Å². The molecule has 0 heterocycles. The van der Waals surface area contributed by atoms with Crippen LogP contribution in [0.5, 0.6) is 0 Å². The molecule has 0 heteroatoms. The zero-order chi connectivity index (χ0) is 18.2. The van der Waals surface area contributed by atoms with Gasteiger partial charge in [0.25, 0.3) is 0 Å². The zero-order valence-corrected chi connectivity index (χ0v) is 15.4. The van der Waals surface area contributed by atoms with Crippen LogP contribution in [0, 0.1) is 0 Å². The van der Waals surface area contributed by atoms with Gasteiger partial charge in [0.2, 0.25) is 0 Å². The molecular weight excluding hydrogens is 348 g/mol. The fraction of sp³-hybridized carbons (Fsp3) is 0.172. The number of hydrogen-bond acceptors (Lipinski definition) is 0. The van der Waals surface area contributed by atoms with Crippen molar-refractivity contribution < 1.29 is 0 Å². The van der Waals surface area contributed by atoms with Gasteiger partial charge in [0.1, 0.15) is 0 Å². The molecule has 0 spiro atoms. The van der Waals surface area contributed by atoms with Gasteiger partial charge in [0, 0.05) is 0 Å². The molecule has 0 amide bonds. The first-order chi connectivity index (χ1) is 12.9. The third kappa shape index (κ3) is 6.19. The fourth-order valence-corrected chi connectivity index (χ4v) is 3.10. The van der Waals surface area contributed by atoms with Gasteiger partial charge in [0.05, 0.1) is 0 Å². The fourth-order valence-electron chi connectivity index (χ4n) is 3.10. The van der Waals surface area contributed by atoms with Crippen molar-refractivity contribution in [2.24, 2.45) is 0 Å². The maximum atomic E-state index is 2.27. The smallest absolute Gasteiger partial charge is 0.0105 e. The summed E-state index contributed by atoms with van der Waals surface area (Å²) in [5, 5.41) is 0. The van der Waals surface area contributed by atoms with E-state index in [4.69, 9.17) is 0 Å². The minimum atomic E-state index is 0. The summed E-state index contributed by atoms with van der Waals surface area (Å²) in [4.78, 5) is 0. The van der Waals surface area contributed by atoms with Gasteiger partial charge < -0.3 is 0 Å². The predicted molar refractivity (Wildman–Crippen MR) is 134 cm³/mol. The first kappa shape index (κ1) is 25.9. The Kier molecular flexibility index (Phi) is 11.7. The van der Waals surface area contributed by atoms with Crippen LogP contribution >= 0.6 is 0 Å². The lowest BCUT2D eigenvalue weighted by molar-refractivity contribution is 1.50. The number of benzene rings is 4. The molecule has 0 nitrogen and oxygen atoms in total. The van der Waals surface area contributed by atoms with Gasteiger partial charge in [-0.2, -0.15) is 0 Å². The SMILES string of the molecule is C.C.C.CC.c1ccc(-c2cccc(-c3ccccc3-c3ccccc3)c2)cc1. The lowest BCUT2D eigenvalue weighted by Crippen LogP contribution is -1.86. The first-order valence-corrected chi connectivity index (χ1v) is 9.22. The van der Waals surface area contributed by atoms with E-state index in [2.05, 4.69) is 109 Å². The van der Waals surface area contributed by atoms with E-state index in [0.717, 1.165) is 0 Å². The van der Waals surface area contributed by atoms with Crippen molar-refractivity contribution in [2.45, 2.75) is 36.1 Å². The van der Waals surface area contributed by atoms with E-state index in [1.165, 1.54) is 33.4 Å². The van der Waals surface area contributed by atoms with Crippen molar-refractivity contribution in [2.75, 3.05) is 0 Å². The van der Waals surface area contributed by atoms with Gasteiger partial charge in [-0.25, -0.2) is 0 Å². The Bertz CT molecular complexity index is 938. The molecular formula is C29H36. The standard InChI is InChI=1S/C24H18.C2H6.3CH4/c1-3-10-19(11-4-1)21-14-9-15-22(18-21)24-17-8-7-16-23(24)20-12-5-2-6-13-20;1-2;;;/h1-18H;1-2H3;3*1H4. The van der Waals surface area contributed by atoms with Crippen LogP contribution in [0.25, 0.3) is 33.4 Å². The quantitative estimate of drug-likeness (QED) is 0.330. The van der Waals surface area contributed by atoms with E-state index in [-0.39, 0.29) is 22.3 Å². The lowest BCUT2D eigenvalue weighted by atomic mass is 9.93. The molecule has 0 aliphatic rings. The van der Waals surface area contributed by atoms with Gasteiger partial charge in [-0.3, -0.25) is 0 Å². The molecule has 0 aliphatic carbocycles. The highest BCUT2D eigenvalue weighted by atomic mass is 14.1. The van der Waals surface area contributed by atoms with E-state index in [1.54, 1.807) is 0 Å². The number of rotatable bonds is 3. The summed E-state index contributed by atoms with van der Waals surface area (Å²) >= 11 is 0. The van der Waals surface area contributed by atoms with E-state index >= 15 is 0 Å². The molecule has 0 unspecified atom stereocenters. The Balaban J connectivity index is 0.00000152. The summed E-state index contributed by atoms with van der Waals surface area (Å²) < 4.78 is 0. The average Bonchev–Trinajstić information content (AvgIpc) is 2.76. The number of hydrogen-bond donors (Lipinski definition) is 0. The Morgan fingerprint density at radius 1 is 0.345 bits per heavy atom. The minimum absolute atomic E-state index is 0. The largest absolute Gasteiger partial charge is 0.0776 e. The topological polar surface area (TPSA) is 0 Å². The third-order valence-corrected chi connectivity index (χ3v) is 4.29. The van der Waals surface area contributed by atoms with E-state index in [0.29, 0.717) is 0 Å². The highest BCUT2D eigenvalue weighted by Gasteiger charge is 2.07. The molecule has 152 valence electrons. The summed E-state index contributed by atoms with van der Waals surface area (Å²) in [7, 11) is 0. The summed E-state index contributed by atoms with van der Waals surface area (Å²) in [5.74, 6) is 0. The lowest BCUT2D eigenvalue weighted by Gasteiger charge is -2.11. The van der Waals surface area contributed by atoms with E-state index < -0.39 is 0 Å². The highest BCUT2D eigenvalue weighted by molar-refractivity contribution is 5.85. The second-order valence-corrected chi connectivity index (χ2v) is 5.86. The van der Waals surface area contributed by atoms with E-state index in [1.807, 2.05) is 13.8 Å². The maximum absolute atomic E-state index is 2.27. The zero-order valence-electron chi connectivity index (χ0n) is 15.4. The Morgan fingerprint density at radius 2 is 0.724 bits per heavy atom. The Morgan fingerprint density at radius 3 is 1.28 bits per heavy atom. The molecule has 0 saturated carbocycles. The summed E-state index contributed by atoms with van der Waals surface area (Å²) in [5.41, 5.74) is 7.52. The van der Waals surface area contributed by atoms with Crippen LogP contribution < -0.4 is 0 Å². The summed E-state index contributed by atoms with van der Waals surface area (Å²) in [6, 6.07) is 38.5. The molecule has 0 radical (unpaired) electrons. The molecule has 0 fully saturated rings. The van der Waals surface area contributed by atoms with Crippen molar-refractivity contribution >= 4 is 0 Å². The normalized spacial score (nSPS) is 8.90. The van der Waals surface area contributed by atoms with Gasteiger partial charge >= 0.3 is 0 Å². The van der Waals surface area contributed by atoms with Gasteiger partial charge in [-0.05, 0) is 39.4 Å². The molecule has 0 aliphatic heterocycles. The van der Waals surface area contributed by atoms with Crippen LogP contribution in [0.1, 0.15) is 36.1 Å². The molecule has 0 N–H and O–H groups in total. The van der Waals surface area contributed by atoms with Gasteiger partial charge in [-0.15, -0.1) is 0 Å². The summed E-state index contributed by atoms with van der Waals surface area (Å²) in [6.45, 7) is 4.00. The summed E-state index contributed by atoms with van der Waals surface area (Å²) in [6.07, 6.45) is 0. The second-order valence-electron chi connectivity index (χ2n) is 5.86. The van der Waals surface area contributed by atoms with Crippen LogP contribution in [0.4, 0.5) is 0 Å². The van der Waals surface area contributed by atoms with Crippen molar-refractivity contribution in [1.29, 1.82) is 0 Å². The van der Waals surface area contributed by atoms with E-state index in [9.17, 15) is 0 Å². The van der Waals surface area contributed by atoms with Crippen molar-refractivity contribution in [3.05, 3.63) is 109 Å². The molecule has 29 heavy (non-hydrogen) atoms. The Hall–Kier alpha value is -3.12. The highest BCUT2D eigenvalue weighted by Crippen LogP contribution is 2.33. The minimum Gasteiger partial charge on any atom is -0.0776 e. The molecule has 0 saturated heterocycles. The average molecular weight is 385 g/mol. The van der Waals surface area contributed by atoms with Gasteiger partial charge in [-0.1, -0.05) is 139 Å². The Labute approximate surface area is 178 Å². The van der Waals surface area contributed by atoms with Crippen LogP contribution in [0.15, 0.2) is 109 Å². The van der Waals surface area contributed by atoms with Gasteiger partial charge in [0.15, 0.2) is 0 Å². The van der Waals surface area contributed by atoms with Crippen LogP contribution in [0.3, 0.4) is 0 Å². The maximum Gasteiger partial charge on any atom is -0.0105 e. The molecule has 4 rings (SSSR count). The molecule has 4 aromatic carbocycles. The molecule has 0 atom stereocenters. The van der Waals surface area contributed by atoms with Crippen molar-refractivity contribution in [3.63, 3.8) is 0 Å². The molecule has 0 aromatic heterocycles. The van der Waals surface area contributed by atoms with Crippen LogP contribution in [0.2, 0.25) is 0 Å². The monoisotopic (exact) mass is 384 g/mol. The first-order valence-electron chi connectivity index (χ1n) is 9.22. The van der Waals surface area contributed by atoms with Crippen LogP contribution in [-0.2, 0) is 0 Å². The predicted octanol–water partition coefficient (Wildman–Crippen LogP) is 9.62. The van der Waals surface area contributed by atoms with Crippen molar-refractivity contribution in [3.8, 4) is 33.4 Å². The van der Waals surface area contributed by atoms with Crippen molar-refractivity contribution in [1.82, 2.24) is 0 Å². The molecule has 4 aromatic rings. The molecule has 0 bridgehead atoms. The second kappa shape index (κ2) is 13.1. The third-order valence-electron chi connectivity index (χ3n) is 4.29.